The molecule has 1 fully saturated rings. The highest BCUT2D eigenvalue weighted by molar-refractivity contribution is 8.00. The van der Waals surface area contributed by atoms with Crippen LogP contribution in [-0.4, -0.2) is 41.0 Å². The quantitative estimate of drug-likeness (QED) is 0.799. The van der Waals surface area contributed by atoms with Crippen LogP contribution in [0.5, 0.6) is 5.75 Å². The van der Waals surface area contributed by atoms with E-state index in [4.69, 9.17) is 4.74 Å². The lowest BCUT2D eigenvalue weighted by Crippen LogP contribution is -2.51. The summed E-state index contributed by atoms with van der Waals surface area (Å²) >= 11 is 1.66. The van der Waals surface area contributed by atoms with Gasteiger partial charge in [0.1, 0.15) is 11.8 Å². The van der Waals surface area contributed by atoms with Crippen LogP contribution in [0.4, 0.5) is 5.69 Å². The van der Waals surface area contributed by atoms with Crippen LogP contribution in [0.2, 0.25) is 0 Å². The lowest BCUT2D eigenvalue weighted by Gasteiger charge is -2.36. The van der Waals surface area contributed by atoms with Gasteiger partial charge in [-0.3, -0.25) is 9.59 Å². The Balaban J connectivity index is 1.87. The third-order valence-electron chi connectivity index (χ3n) is 4.93. The first-order valence-electron chi connectivity index (χ1n) is 9.66. The van der Waals surface area contributed by atoms with Crippen LogP contribution in [-0.2, 0) is 4.79 Å². The summed E-state index contributed by atoms with van der Waals surface area (Å²) in [6, 6.07) is 14.2. The zero-order valence-electron chi connectivity index (χ0n) is 17.6. The molecule has 1 aliphatic rings. The number of aryl methyl sites for hydroxylation is 1. The van der Waals surface area contributed by atoms with Crippen molar-refractivity contribution in [3.8, 4) is 5.75 Å². The SMILES string of the molecule is COc1ccc(C(=O)N2C(C(=O)Nc3ccc(C)cc3)CSC2C(C)(C)C)cc1. The van der Waals surface area contributed by atoms with Crippen molar-refractivity contribution in [2.45, 2.75) is 39.1 Å². The molecule has 2 aromatic carbocycles. The summed E-state index contributed by atoms with van der Waals surface area (Å²) in [6.45, 7) is 8.29. The molecule has 3 rings (SSSR count). The summed E-state index contributed by atoms with van der Waals surface area (Å²) in [5, 5.41) is 2.88. The third kappa shape index (κ3) is 4.75. The molecule has 29 heavy (non-hydrogen) atoms. The van der Waals surface area contributed by atoms with Gasteiger partial charge in [0.05, 0.1) is 12.5 Å². The van der Waals surface area contributed by atoms with Crippen molar-refractivity contribution < 1.29 is 14.3 Å². The van der Waals surface area contributed by atoms with E-state index in [0.29, 0.717) is 17.1 Å². The Morgan fingerprint density at radius 1 is 1.07 bits per heavy atom. The Labute approximate surface area is 176 Å². The average Bonchev–Trinajstić information content (AvgIpc) is 3.15. The number of benzene rings is 2. The Morgan fingerprint density at radius 2 is 1.69 bits per heavy atom. The molecule has 2 atom stereocenters. The molecule has 2 unspecified atom stereocenters. The summed E-state index contributed by atoms with van der Waals surface area (Å²) in [6.07, 6.45) is 0. The van der Waals surface area contributed by atoms with Gasteiger partial charge in [-0.25, -0.2) is 0 Å². The summed E-state index contributed by atoms with van der Waals surface area (Å²) in [4.78, 5) is 28.2. The van der Waals surface area contributed by atoms with Gasteiger partial charge in [-0.1, -0.05) is 38.5 Å². The van der Waals surface area contributed by atoms with E-state index >= 15 is 0 Å². The predicted octanol–water partition coefficient (Wildman–Crippen LogP) is 4.57. The van der Waals surface area contributed by atoms with Gasteiger partial charge in [-0.2, -0.15) is 0 Å². The number of rotatable bonds is 4. The molecule has 1 aliphatic heterocycles. The lowest BCUT2D eigenvalue weighted by atomic mass is 9.94. The molecule has 0 aliphatic carbocycles. The number of thioether (sulfide) groups is 1. The molecular weight excluding hydrogens is 384 g/mol. The number of hydrogen-bond acceptors (Lipinski definition) is 4. The molecular formula is C23H28N2O3S. The normalized spacial score (nSPS) is 19.1. The number of carbonyl (C=O) groups is 2. The first-order valence-corrected chi connectivity index (χ1v) is 10.7. The van der Waals surface area contributed by atoms with Crippen molar-refractivity contribution in [2.75, 3.05) is 18.2 Å². The van der Waals surface area contributed by atoms with E-state index in [2.05, 4.69) is 26.1 Å². The van der Waals surface area contributed by atoms with Gasteiger partial charge in [0.25, 0.3) is 5.91 Å². The van der Waals surface area contributed by atoms with Crippen LogP contribution in [0.15, 0.2) is 48.5 Å². The maximum Gasteiger partial charge on any atom is 0.255 e. The molecule has 0 aromatic heterocycles. The molecule has 0 bridgehead atoms. The van der Waals surface area contributed by atoms with Crippen molar-refractivity contribution in [1.82, 2.24) is 4.90 Å². The molecule has 0 radical (unpaired) electrons. The van der Waals surface area contributed by atoms with E-state index in [1.54, 1.807) is 48.0 Å². The number of nitrogens with one attached hydrogen (secondary N) is 1. The molecule has 2 aromatic rings. The molecule has 1 saturated heterocycles. The number of nitrogens with zero attached hydrogens (tertiary/aromatic N) is 1. The van der Waals surface area contributed by atoms with Crippen LogP contribution in [0.25, 0.3) is 0 Å². The van der Waals surface area contributed by atoms with E-state index in [1.807, 2.05) is 31.2 Å². The summed E-state index contributed by atoms with van der Waals surface area (Å²) in [7, 11) is 1.59. The zero-order valence-corrected chi connectivity index (χ0v) is 18.4. The van der Waals surface area contributed by atoms with Gasteiger partial charge in [-0.15, -0.1) is 11.8 Å². The van der Waals surface area contributed by atoms with E-state index in [1.165, 1.54) is 0 Å². The second-order valence-electron chi connectivity index (χ2n) is 8.36. The van der Waals surface area contributed by atoms with Gasteiger partial charge in [-0.05, 0) is 48.7 Å². The van der Waals surface area contributed by atoms with Crippen molar-refractivity contribution in [2.24, 2.45) is 5.41 Å². The standard InChI is InChI=1S/C23H28N2O3S/c1-15-6-10-17(11-7-15)24-20(26)19-14-29-22(23(2,3)4)25(19)21(27)16-8-12-18(28-5)13-9-16/h6-13,19,22H,14H2,1-5H3,(H,24,26). The highest BCUT2D eigenvalue weighted by Crippen LogP contribution is 2.41. The summed E-state index contributed by atoms with van der Waals surface area (Å²) in [5.41, 5.74) is 2.26. The largest absolute Gasteiger partial charge is 0.497 e. The minimum absolute atomic E-state index is 0.0918. The zero-order chi connectivity index (χ0) is 21.2. The molecule has 0 spiro atoms. The van der Waals surface area contributed by atoms with E-state index in [9.17, 15) is 9.59 Å². The fourth-order valence-corrected chi connectivity index (χ4v) is 4.95. The Bertz CT molecular complexity index is 872. The van der Waals surface area contributed by atoms with Crippen LogP contribution >= 0.6 is 11.8 Å². The summed E-state index contributed by atoms with van der Waals surface area (Å²) < 4.78 is 5.19. The topological polar surface area (TPSA) is 58.6 Å². The van der Waals surface area contributed by atoms with Crippen LogP contribution in [0.1, 0.15) is 36.7 Å². The first-order chi connectivity index (χ1) is 13.7. The minimum atomic E-state index is -0.528. The van der Waals surface area contributed by atoms with Crippen LogP contribution < -0.4 is 10.1 Å². The van der Waals surface area contributed by atoms with E-state index < -0.39 is 6.04 Å². The van der Waals surface area contributed by atoms with Crippen molar-refractivity contribution in [3.05, 3.63) is 59.7 Å². The molecule has 0 saturated carbocycles. The molecule has 2 amide bonds. The van der Waals surface area contributed by atoms with Gasteiger partial charge in [0, 0.05) is 17.0 Å². The molecule has 154 valence electrons. The predicted molar refractivity (Wildman–Crippen MR) is 118 cm³/mol. The van der Waals surface area contributed by atoms with Gasteiger partial charge >= 0.3 is 0 Å². The van der Waals surface area contributed by atoms with Gasteiger partial charge < -0.3 is 15.0 Å². The molecule has 6 heteroatoms. The van der Waals surface area contributed by atoms with Crippen LogP contribution in [0.3, 0.4) is 0 Å². The fourth-order valence-electron chi connectivity index (χ4n) is 3.37. The molecule has 1 N–H and O–H groups in total. The molecule has 1 heterocycles. The first kappa shape index (κ1) is 21.2. The number of methoxy groups -OCH3 is 1. The molecule has 5 nitrogen and oxygen atoms in total. The fraction of sp³-hybridized carbons (Fsp3) is 0.391. The van der Waals surface area contributed by atoms with Gasteiger partial charge in [0.2, 0.25) is 5.91 Å². The maximum absolute atomic E-state index is 13.4. The van der Waals surface area contributed by atoms with Gasteiger partial charge in [0.15, 0.2) is 0 Å². The highest BCUT2D eigenvalue weighted by Gasteiger charge is 2.46. The summed E-state index contributed by atoms with van der Waals surface area (Å²) in [5.74, 6) is 0.969. The number of amides is 2. The van der Waals surface area contributed by atoms with E-state index in [-0.39, 0.29) is 22.6 Å². The number of hydrogen-bond donors (Lipinski definition) is 1. The van der Waals surface area contributed by atoms with Crippen molar-refractivity contribution in [1.29, 1.82) is 0 Å². The average molecular weight is 413 g/mol. The minimum Gasteiger partial charge on any atom is -0.497 e. The Morgan fingerprint density at radius 3 is 2.24 bits per heavy atom. The number of carbonyl (C=O) groups excluding carboxylic acids is 2. The smallest absolute Gasteiger partial charge is 0.255 e. The second-order valence-corrected chi connectivity index (χ2v) is 9.48. The second kappa shape index (κ2) is 8.49. The third-order valence-corrected chi connectivity index (χ3v) is 6.69. The monoisotopic (exact) mass is 412 g/mol. The number of ether oxygens (including phenoxy) is 1. The number of anilines is 1. The Hall–Kier alpha value is -2.47. The highest BCUT2D eigenvalue weighted by atomic mass is 32.2. The van der Waals surface area contributed by atoms with Crippen molar-refractivity contribution >= 4 is 29.3 Å². The maximum atomic E-state index is 13.4. The van der Waals surface area contributed by atoms with Crippen LogP contribution in [0, 0.1) is 12.3 Å². The Kier molecular flexibility index (Phi) is 6.22. The van der Waals surface area contributed by atoms with Crippen molar-refractivity contribution in [3.63, 3.8) is 0 Å². The van der Waals surface area contributed by atoms with E-state index in [0.717, 1.165) is 11.3 Å². The lowest BCUT2D eigenvalue weighted by molar-refractivity contribution is -0.120.